The number of hydrogen-bond donors (Lipinski definition) is 1. The number of nitrogens with zero attached hydrogens (tertiary/aromatic N) is 2. The second-order valence-corrected chi connectivity index (χ2v) is 6.42. The summed E-state index contributed by atoms with van der Waals surface area (Å²) >= 11 is 1.72. The van der Waals surface area contributed by atoms with Gasteiger partial charge in [0, 0.05) is 10.8 Å². The lowest BCUT2D eigenvalue weighted by Crippen LogP contribution is -2.03. The van der Waals surface area contributed by atoms with E-state index in [2.05, 4.69) is 21.0 Å². The minimum Gasteiger partial charge on any atom is -0.478 e. The molecule has 4 rings (SSSR count). The van der Waals surface area contributed by atoms with Gasteiger partial charge in [-0.3, -0.25) is 0 Å². The maximum Gasteiger partial charge on any atom is 0.337 e. The molecule has 0 amide bonds. The van der Waals surface area contributed by atoms with Crippen molar-refractivity contribution in [1.29, 1.82) is 0 Å². The zero-order chi connectivity index (χ0) is 14.4. The Morgan fingerprint density at radius 2 is 2.19 bits per heavy atom. The first-order valence-electron chi connectivity index (χ1n) is 6.99. The summed E-state index contributed by atoms with van der Waals surface area (Å²) in [5.41, 5.74) is 1.83. The first-order chi connectivity index (χ1) is 10.2. The SMILES string of the molecule is O=C(O)c1cccc2c1nc(C1CC1)n2Cc1cccs1. The van der Waals surface area contributed by atoms with Crippen LogP contribution in [0.5, 0.6) is 0 Å². The summed E-state index contributed by atoms with van der Waals surface area (Å²) in [5.74, 6) is 0.606. The number of benzene rings is 1. The average Bonchev–Trinajstić information content (AvgIpc) is 3.07. The van der Waals surface area contributed by atoms with E-state index in [9.17, 15) is 9.90 Å². The van der Waals surface area contributed by atoms with Gasteiger partial charge in [0.15, 0.2) is 0 Å². The Labute approximate surface area is 125 Å². The van der Waals surface area contributed by atoms with Gasteiger partial charge in [-0.2, -0.15) is 0 Å². The molecule has 0 atom stereocenters. The molecular weight excluding hydrogens is 284 g/mol. The lowest BCUT2D eigenvalue weighted by Gasteiger charge is -2.07. The predicted octanol–water partition coefficient (Wildman–Crippen LogP) is 3.72. The number of aromatic nitrogens is 2. The quantitative estimate of drug-likeness (QED) is 0.798. The van der Waals surface area contributed by atoms with E-state index in [-0.39, 0.29) is 0 Å². The van der Waals surface area contributed by atoms with Crippen molar-refractivity contribution in [3.05, 3.63) is 52.0 Å². The minimum absolute atomic E-state index is 0.291. The Morgan fingerprint density at radius 3 is 2.86 bits per heavy atom. The fourth-order valence-electron chi connectivity index (χ4n) is 2.72. The van der Waals surface area contributed by atoms with Crippen LogP contribution in [0.1, 0.15) is 39.8 Å². The highest BCUT2D eigenvalue weighted by Crippen LogP contribution is 2.41. The summed E-state index contributed by atoms with van der Waals surface area (Å²) in [5, 5.41) is 11.4. The molecule has 0 unspecified atom stereocenters. The lowest BCUT2D eigenvalue weighted by molar-refractivity contribution is 0.0699. The minimum atomic E-state index is -0.913. The van der Waals surface area contributed by atoms with Gasteiger partial charge in [-0.1, -0.05) is 12.1 Å². The molecule has 2 heterocycles. The van der Waals surface area contributed by atoms with Gasteiger partial charge in [-0.05, 0) is 36.4 Å². The van der Waals surface area contributed by atoms with Gasteiger partial charge < -0.3 is 9.67 Å². The zero-order valence-electron chi connectivity index (χ0n) is 11.3. The van der Waals surface area contributed by atoms with Crippen LogP contribution in [-0.2, 0) is 6.54 Å². The molecule has 4 nitrogen and oxygen atoms in total. The Balaban J connectivity index is 1.92. The van der Waals surface area contributed by atoms with Gasteiger partial charge in [0.1, 0.15) is 11.3 Å². The third-order valence-corrected chi connectivity index (χ3v) is 4.74. The number of aromatic carboxylic acids is 1. The highest BCUT2D eigenvalue weighted by atomic mass is 32.1. The van der Waals surface area contributed by atoms with Crippen LogP contribution >= 0.6 is 11.3 Å². The zero-order valence-corrected chi connectivity index (χ0v) is 12.1. The maximum atomic E-state index is 11.4. The van der Waals surface area contributed by atoms with E-state index in [0.717, 1.165) is 30.7 Å². The number of hydrogen-bond acceptors (Lipinski definition) is 3. The molecule has 1 aromatic carbocycles. The van der Waals surface area contributed by atoms with Crippen LogP contribution in [-0.4, -0.2) is 20.6 Å². The van der Waals surface area contributed by atoms with Gasteiger partial charge in [0.25, 0.3) is 0 Å². The summed E-state index contributed by atoms with van der Waals surface area (Å²) in [7, 11) is 0. The molecule has 0 saturated heterocycles. The molecular formula is C16H14N2O2S. The van der Waals surface area contributed by atoms with E-state index in [1.54, 1.807) is 23.5 Å². The van der Waals surface area contributed by atoms with Crippen molar-refractivity contribution in [3.8, 4) is 0 Å². The molecule has 0 aliphatic heterocycles. The first kappa shape index (κ1) is 12.6. The monoisotopic (exact) mass is 298 g/mol. The summed E-state index contributed by atoms with van der Waals surface area (Å²) in [6.07, 6.45) is 2.30. The third-order valence-electron chi connectivity index (χ3n) is 3.88. The molecule has 1 aliphatic rings. The fourth-order valence-corrected chi connectivity index (χ4v) is 3.41. The number of imidazole rings is 1. The molecule has 0 bridgehead atoms. The molecule has 106 valence electrons. The van der Waals surface area contributed by atoms with E-state index in [4.69, 9.17) is 0 Å². The topological polar surface area (TPSA) is 55.1 Å². The molecule has 5 heteroatoms. The Morgan fingerprint density at radius 1 is 1.33 bits per heavy atom. The first-order valence-corrected chi connectivity index (χ1v) is 7.87. The number of fused-ring (bicyclic) bond motifs is 1. The van der Waals surface area contributed by atoms with Crippen LogP contribution in [0, 0.1) is 0 Å². The number of thiophene rings is 1. The molecule has 0 spiro atoms. The largest absolute Gasteiger partial charge is 0.478 e. The van der Waals surface area contributed by atoms with Crippen molar-refractivity contribution in [3.63, 3.8) is 0 Å². The lowest BCUT2D eigenvalue weighted by atomic mass is 10.2. The molecule has 21 heavy (non-hydrogen) atoms. The number of para-hydroxylation sites is 1. The van der Waals surface area contributed by atoms with Crippen molar-refractivity contribution in [2.75, 3.05) is 0 Å². The smallest absolute Gasteiger partial charge is 0.337 e. The normalized spacial score (nSPS) is 14.7. The number of carboxylic acids is 1. The van der Waals surface area contributed by atoms with E-state index in [1.807, 2.05) is 12.1 Å². The Bertz CT molecular complexity index is 816. The van der Waals surface area contributed by atoms with Gasteiger partial charge in [0.2, 0.25) is 0 Å². The molecule has 2 aromatic heterocycles. The van der Waals surface area contributed by atoms with Crippen LogP contribution in [0.3, 0.4) is 0 Å². The van der Waals surface area contributed by atoms with Crippen molar-refractivity contribution in [2.24, 2.45) is 0 Å². The Kier molecular flexibility index (Phi) is 2.82. The van der Waals surface area contributed by atoms with Gasteiger partial charge in [-0.15, -0.1) is 11.3 Å². The van der Waals surface area contributed by atoms with E-state index < -0.39 is 5.97 Å². The van der Waals surface area contributed by atoms with Crippen molar-refractivity contribution in [2.45, 2.75) is 25.3 Å². The summed E-state index contributed by atoms with van der Waals surface area (Å²) in [6.45, 7) is 0.767. The van der Waals surface area contributed by atoms with Crippen molar-refractivity contribution in [1.82, 2.24) is 9.55 Å². The molecule has 1 aliphatic carbocycles. The second-order valence-electron chi connectivity index (χ2n) is 5.39. The Hall–Kier alpha value is -2.14. The maximum absolute atomic E-state index is 11.4. The highest BCUT2D eigenvalue weighted by molar-refractivity contribution is 7.09. The number of rotatable bonds is 4. The molecule has 3 aromatic rings. The van der Waals surface area contributed by atoms with E-state index in [0.29, 0.717) is 17.0 Å². The van der Waals surface area contributed by atoms with Crippen molar-refractivity contribution >= 4 is 28.3 Å². The highest BCUT2D eigenvalue weighted by Gasteiger charge is 2.30. The second kappa shape index (κ2) is 4.70. The van der Waals surface area contributed by atoms with Gasteiger partial charge >= 0.3 is 5.97 Å². The average molecular weight is 298 g/mol. The van der Waals surface area contributed by atoms with E-state index in [1.165, 1.54) is 4.88 Å². The van der Waals surface area contributed by atoms with Crippen LogP contribution in [0.2, 0.25) is 0 Å². The van der Waals surface area contributed by atoms with E-state index >= 15 is 0 Å². The predicted molar refractivity (Wildman–Crippen MR) is 82.1 cm³/mol. The van der Waals surface area contributed by atoms with Crippen LogP contribution in [0.25, 0.3) is 11.0 Å². The van der Waals surface area contributed by atoms with Gasteiger partial charge in [0.05, 0.1) is 17.6 Å². The van der Waals surface area contributed by atoms with Gasteiger partial charge in [-0.25, -0.2) is 9.78 Å². The van der Waals surface area contributed by atoms with Crippen molar-refractivity contribution < 1.29 is 9.90 Å². The summed E-state index contributed by atoms with van der Waals surface area (Å²) in [6, 6.07) is 9.54. The molecule has 1 N–H and O–H groups in total. The number of carboxylic acid groups (broad SMARTS) is 1. The standard InChI is InChI=1S/C16H14N2O2S/c19-16(20)12-4-1-5-13-14(12)17-15(10-6-7-10)18(13)9-11-3-2-8-21-11/h1-5,8,10H,6-7,9H2,(H,19,20). The molecule has 1 fully saturated rings. The third kappa shape index (κ3) is 2.14. The number of carbonyl (C=O) groups is 1. The summed E-state index contributed by atoms with van der Waals surface area (Å²) in [4.78, 5) is 17.3. The summed E-state index contributed by atoms with van der Waals surface area (Å²) < 4.78 is 2.19. The molecule has 0 radical (unpaired) electrons. The molecule has 1 saturated carbocycles. The van der Waals surface area contributed by atoms with Crippen LogP contribution in [0.4, 0.5) is 0 Å². The van der Waals surface area contributed by atoms with Crippen LogP contribution in [0.15, 0.2) is 35.7 Å². The van der Waals surface area contributed by atoms with Crippen LogP contribution < -0.4 is 0 Å². The fraction of sp³-hybridized carbons (Fsp3) is 0.250.